The SMILES string of the molecule is CCC1CCSC(=NCc2ccno2)N1. The van der Waals surface area contributed by atoms with Crippen LogP contribution in [0, 0.1) is 0 Å². The standard InChI is InChI=1S/C10H15N3OS/c1-2-8-4-6-15-10(13-8)11-7-9-3-5-12-14-9/h3,5,8H,2,4,6-7H2,1H3,(H,11,13). The monoisotopic (exact) mass is 225 g/mol. The zero-order valence-electron chi connectivity index (χ0n) is 8.77. The molecule has 0 aliphatic carbocycles. The van der Waals surface area contributed by atoms with Crippen molar-refractivity contribution in [3.8, 4) is 0 Å². The van der Waals surface area contributed by atoms with Crippen LogP contribution in [0.15, 0.2) is 21.8 Å². The zero-order chi connectivity index (χ0) is 10.5. The molecule has 1 aliphatic rings. The molecule has 0 aromatic carbocycles. The highest BCUT2D eigenvalue weighted by Crippen LogP contribution is 2.16. The van der Waals surface area contributed by atoms with Crippen LogP contribution in [-0.2, 0) is 6.54 Å². The Morgan fingerprint density at radius 1 is 1.73 bits per heavy atom. The van der Waals surface area contributed by atoms with E-state index in [1.165, 1.54) is 6.42 Å². The van der Waals surface area contributed by atoms with Crippen molar-refractivity contribution >= 4 is 16.9 Å². The second-order valence-electron chi connectivity index (χ2n) is 3.49. The lowest BCUT2D eigenvalue weighted by molar-refractivity contribution is 0.385. The summed E-state index contributed by atoms with van der Waals surface area (Å²) in [5, 5.41) is 8.09. The summed E-state index contributed by atoms with van der Waals surface area (Å²) in [5.41, 5.74) is 0. The number of hydrogen-bond acceptors (Lipinski definition) is 4. The van der Waals surface area contributed by atoms with Crippen LogP contribution in [0.1, 0.15) is 25.5 Å². The first-order valence-corrected chi connectivity index (χ1v) is 6.20. The van der Waals surface area contributed by atoms with Crippen molar-refractivity contribution in [3.05, 3.63) is 18.0 Å². The van der Waals surface area contributed by atoms with Gasteiger partial charge in [0.2, 0.25) is 0 Å². The van der Waals surface area contributed by atoms with E-state index in [-0.39, 0.29) is 0 Å². The van der Waals surface area contributed by atoms with E-state index in [0.29, 0.717) is 12.6 Å². The van der Waals surface area contributed by atoms with E-state index in [9.17, 15) is 0 Å². The predicted octanol–water partition coefficient (Wildman–Crippen LogP) is 2.04. The quantitative estimate of drug-likeness (QED) is 0.855. The highest BCUT2D eigenvalue weighted by atomic mass is 32.2. The molecule has 1 aromatic heterocycles. The Bertz CT molecular complexity index is 323. The number of nitrogens with zero attached hydrogens (tertiary/aromatic N) is 2. The summed E-state index contributed by atoms with van der Waals surface area (Å²) >= 11 is 1.78. The molecule has 2 heterocycles. The van der Waals surface area contributed by atoms with E-state index in [1.807, 2.05) is 6.07 Å². The van der Waals surface area contributed by atoms with Gasteiger partial charge in [-0.3, -0.25) is 4.99 Å². The summed E-state index contributed by atoms with van der Waals surface area (Å²) in [6.07, 6.45) is 4.02. The van der Waals surface area contributed by atoms with Crippen molar-refractivity contribution in [2.24, 2.45) is 4.99 Å². The summed E-state index contributed by atoms with van der Waals surface area (Å²) in [6.45, 7) is 2.77. The van der Waals surface area contributed by atoms with Crippen LogP contribution < -0.4 is 5.32 Å². The molecule has 1 saturated heterocycles. The minimum atomic E-state index is 0.575. The Labute approximate surface area is 93.5 Å². The molecule has 1 aromatic rings. The maximum absolute atomic E-state index is 4.98. The highest BCUT2D eigenvalue weighted by Gasteiger charge is 2.15. The Morgan fingerprint density at radius 3 is 3.40 bits per heavy atom. The first kappa shape index (κ1) is 10.5. The van der Waals surface area contributed by atoms with Gasteiger partial charge in [-0.1, -0.05) is 23.8 Å². The van der Waals surface area contributed by atoms with Crippen molar-refractivity contribution in [2.75, 3.05) is 5.75 Å². The fourth-order valence-corrected chi connectivity index (χ4v) is 2.46. The number of amidine groups is 1. The van der Waals surface area contributed by atoms with E-state index in [0.717, 1.165) is 23.1 Å². The summed E-state index contributed by atoms with van der Waals surface area (Å²) < 4.78 is 4.98. The number of rotatable bonds is 3. The number of aromatic nitrogens is 1. The van der Waals surface area contributed by atoms with Gasteiger partial charge < -0.3 is 9.84 Å². The number of hydrogen-bond donors (Lipinski definition) is 1. The molecule has 1 atom stereocenters. The smallest absolute Gasteiger partial charge is 0.158 e. The van der Waals surface area contributed by atoms with Crippen LogP contribution >= 0.6 is 11.8 Å². The van der Waals surface area contributed by atoms with Crippen molar-refractivity contribution in [1.82, 2.24) is 10.5 Å². The molecule has 2 rings (SSSR count). The third-order valence-corrected chi connectivity index (χ3v) is 3.36. The van der Waals surface area contributed by atoms with Gasteiger partial charge in [-0.25, -0.2) is 0 Å². The molecular formula is C10H15N3OS. The number of aliphatic imine (C=N–C) groups is 1. The highest BCUT2D eigenvalue weighted by molar-refractivity contribution is 8.13. The third kappa shape index (κ3) is 2.99. The molecule has 0 bridgehead atoms. The summed E-state index contributed by atoms with van der Waals surface area (Å²) in [7, 11) is 0. The molecule has 1 unspecified atom stereocenters. The lowest BCUT2D eigenvalue weighted by atomic mass is 10.2. The first-order chi connectivity index (χ1) is 7.38. The molecule has 0 saturated carbocycles. The molecule has 5 heteroatoms. The van der Waals surface area contributed by atoms with E-state index in [4.69, 9.17) is 4.52 Å². The molecule has 0 radical (unpaired) electrons. The second-order valence-corrected chi connectivity index (χ2v) is 4.57. The molecular weight excluding hydrogens is 210 g/mol. The van der Waals surface area contributed by atoms with Crippen molar-refractivity contribution in [1.29, 1.82) is 0 Å². The molecule has 4 nitrogen and oxygen atoms in total. The second kappa shape index (κ2) is 5.21. The third-order valence-electron chi connectivity index (χ3n) is 2.40. The molecule has 1 aliphatic heterocycles. The van der Waals surface area contributed by atoms with E-state index >= 15 is 0 Å². The van der Waals surface area contributed by atoms with Gasteiger partial charge in [-0.2, -0.15) is 0 Å². The minimum absolute atomic E-state index is 0.575. The van der Waals surface area contributed by atoms with Gasteiger partial charge >= 0.3 is 0 Å². The molecule has 0 amide bonds. The van der Waals surface area contributed by atoms with Crippen LogP contribution in [0.4, 0.5) is 0 Å². The number of nitrogens with one attached hydrogen (secondary N) is 1. The molecule has 15 heavy (non-hydrogen) atoms. The van der Waals surface area contributed by atoms with Gasteiger partial charge in [0.05, 0.1) is 6.20 Å². The fourth-order valence-electron chi connectivity index (χ4n) is 1.46. The van der Waals surface area contributed by atoms with Gasteiger partial charge in [0.1, 0.15) is 6.54 Å². The molecule has 82 valence electrons. The lowest BCUT2D eigenvalue weighted by Crippen LogP contribution is -2.37. The fraction of sp³-hybridized carbons (Fsp3) is 0.600. The molecule has 1 fully saturated rings. The Hall–Kier alpha value is -0.970. The first-order valence-electron chi connectivity index (χ1n) is 5.22. The van der Waals surface area contributed by atoms with Crippen molar-refractivity contribution < 1.29 is 4.52 Å². The van der Waals surface area contributed by atoms with Crippen LogP contribution in [0.3, 0.4) is 0 Å². The Balaban J connectivity index is 1.89. The van der Waals surface area contributed by atoms with Gasteiger partial charge in [0, 0.05) is 17.9 Å². The topological polar surface area (TPSA) is 50.4 Å². The molecule has 1 N–H and O–H groups in total. The maximum Gasteiger partial charge on any atom is 0.158 e. The van der Waals surface area contributed by atoms with Crippen LogP contribution in [-0.4, -0.2) is 22.1 Å². The van der Waals surface area contributed by atoms with Crippen LogP contribution in [0.25, 0.3) is 0 Å². The number of thioether (sulfide) groups is 1. The van der Waals surface area contributed by atoms with E-state index < -0.39 is 0 Å². The zero-order valence-corrected chi connectivity index (χ0v) is 9.59. The van der Waals surface area contributed by atoms with Gasteiger partial charge in [-0.15, -0.1) is 0 Å². The van der Waals surface area contributed by atoms with Gasteiger partial charge in [0.15, 0.2) is 10.9 Å². The Kier molecular flexibility index (Phi) is 3.66. The average molecular weight is 225 g/mol. The van der Waals surface area contributed by atoms with Gasteiger partial charge in [-0.05, 0) is 12.8 Å². The van der Waals surface area contributed by atoms with Crippen LogP contribution in [0.5, 0.6) is 0 Å². The van der Waals surface area contributed by atoms with Crippen LogP contribution in [0.2, 0.25) is 0 Å². The van der Waals surface area contributed by atoms with E-state index in [2.05, 4.69) is 22.4 Å². The maximum atomic E-state index is 4.98. The predicted molar refractivity (Wildman–Crippen MR) is 61.9 cm³/mol. The molecule has 0 spiro atoms. The summed E-state index contributed by atoms with van der Waals surface area (Å²) in [5.74, 6) is 1.96. The summed E-state index contributed by atoms with van der Waals surface area (Å²) in [4.78, 5) is 4.46. The van der Waals surface area contributed by atoms with Crippen molar-refractivity contribution in [3.63, 3.8) is 0 Å². The Morgan fingerprint density at radius 2 is 2.67 bits per heavy atom. The van der Waals surface area contributed by atoms with Gasteiger partial charge in [0.25, 0.3) is 0 Å². The normalized spacial score (nSPS) is 24.1. The largest absolute Gasteiger partial charge is 0.362 e. The lowest BCUT2D eigenvalue weighted by Gasteiger charge is -2.23. The average Bonchev–Trinajstić information content (AvgIpc) is 2.79. The minimum Gasteiger partial charge on any atom is -0.362 e. The van der Waals surface area contributed by atoms with Crippen molar-refractivity contribution in [2.45, 2.75) is 32.4 Å². The van der Waals surface area contributed by atoms with E-state index in [1.54, 1.807) is 18.0 Å². The summed E-state index contributed by atoms with van der Waals surface area (Å²) in [6, 6.07) is 2.43.